The van der Waals surface area contributed by atoms with Gasteiger partial charge in [0, 0.05) is 12.6 Å². The van der Waals surface area contributed by atoms with E-state index in [4.69, 9.17) is 0 Å². The summed E-state index contributed by atoms with van der Waals surface area (Å²) in [4.78, 5) is 49.0. The lowest BCUT2D eigenvalue weighted by atomic mass is 10.1. The molecule has 0 bridgehead atoms. The van der Waals surface area contributed by atoms with E-state index in [0.717, 1.165) is 4.52 Å². The van der Waals surface area contributed by atoms with Gasteiger partial charge in [0.1, 0.15) is 23.5 Å². The van der Waals surface area contributed by atoms with Gasteiger partial charge in [-0.2, -0.15) is 14.6 Å². The van der Waals surface area contributed by atoms with Crippen molar-refractivity contribution in [1.82, 2.24) is 40.2 Å². The molecule has 13 heteroatoms. The molecule has 0 aliphatic rings. The number of carbonyl (C=O) groups is 2. The molecule has 5 N–H and O–H groups in total. The predicted octanol–water partition coefficient (Wildman–Crippen LogP) is 0.154. The summed E-state index contributed by atoms with van der Waals surface area (Å²) in [6.45, 7) is 1.56. The van der Waals surface area contributed by atoms with Gasteiger partial charge in [-0.1, -0.05) is 12.1 Å². The van der Waals surface area contributed by atoms with E-state index < -0.39 is 23.4 Å². The highest BCUT2D eigenvalue weighted by Gasteiger charge is 2.19. The number of benzene rings is 1. The Morgan fingerprint density at radius 2 is 1.94 bits per heavy atom. The third kappa shape index (κ3) is 4.16. The van der Waals surface area contributed by atoms with Crippen LogP contribution in [-0.2, 0) is 13.1 Å². The number of aromatic amines is 2. The molecule has 4 aromatic rings. The van der Waals surface area contributed by atoms with Gasteiger partial charge in [-0.05, 0) is 24.1 Å². The number of aryl methyl sites for hydroxylation is 1. The Bertz CT molecular complexity index is 1390. The van der Waals surface area contributed by atoms with Gasteiger partial charge in [0.2, 0.25) is 5.88 Å². The highest BCUT2D eigenvalue weighted by atomic mass is 19.1. The molecular weight excluding hydrogens is 423 g/mol. The van der Waals surface area contributed by atoms with Crippen molar-refractivity contribution in [3.63, 3.8) is 0 Å². The zero-order chi connectivity index (χ0) is 22.8. The van der Waals surface area contributed by atoms with Crippen LogP contribution in [0.25, 0.3) is 5.78 Å². The van der Waals surface area contributed by atoms with Gasteiger partial charge in [-0.3, -0.25) is 14.6 Å². The normalized spacial score (nSPS) is 10.9. The smallest absolute Gasteiger partial charge is 0.326 e. The molecule has 1 aromatic carbocycles. The van der Waals surface area contributed by atoms with Crippen molar-refractivity contribution in [2.24, 2.45) is 0 Å². The number of nitrogens with zero attached hydrogens (tertiary/aromatic N) is 4. The number of hydrogen-bond donors (Lipinski definition) is 5. The van der Waals surface area contributed by atoms with E-state index in [-0.39, 0.29) is 41.8 Å². The van der Waals surface area contributed by atoms with Crippen molar-refractivity contribution in [3.05, 3.63) is 75.1 Å². The number of imidazole rings is 1. The first-order valence-electron chi connectivity index (χ1n) is 9.34. The molecule has 3 heterocycles. The first-order chi connectivity index (χ1) is 15.3. The van der Waals surface area contributed by atoms with E-state index in [1.807, 2.05) is 0 Å². The number of rotatable bonds is 6. The molecule has 0 atom stereocenters. The van der Waals surface area contributed by atoms with Crippen LogP contribution in [0.1, 0.15) is 37.8 Å². The molecule has 0 fully saturated rings. The van der Waals surface area contributed by atoms with Crippen molar-refractivity contribution >= 4 is 17.6 Å². The average Bonchev–Trinajstić information content (AvgIpc) is 3.37. The van der Waals surface area contributed by atoms with Crippen LogP contribution in [0.3, 0.4) is 0 Å². The SMILES string of the molecule is Cc1cc(CNC(=O)c2cc(C(=O)NCc3[nH]c(=O)[nH]c3O)n3ncnc3n2)ccc1F. The molecule has 0 aliphatic carbocycles. The summed E-state index contributed by atoms with van der Waals surface area (Å²) in [5.41, 5.74) is 0.497. The monoisotopic (exact) mass is 440 g/mol. The van der Waals surface area contributed by atoms with Gasteiger partial charge < -0.3 is 20.7 Å². The van der Waals surface area contributed by atoms with E-state index in [2.05, 4.69) is 35.7 Å². The van der Waals surface area contributed by atoms with Gasteiger partial charge >= 0.3 is 5.69 Å². The number of nitrogens with one attached hydrogen (secondary N) is 4. The fourth-order valence-corrected chi connectivity index (χ4v) is 2.98. The minimum Gasteiger partial charge on any atom is -0.493 e. The lowest BCUT2D eigenvalue weighted by Crippen LogP contribution is -2.28. The average molecular weight is 440 g/mol. The first kappa shape index (κ1) is 20.7. The Labute approximate surface area is 178 Å². The lowest BCUT2D eigenvalue weighted by molar-refractivity contribution is 0.0942. The molecule has 0 spiro atoms. The number of halogens is 1. The van der Waals surface area contributed by atoms with E-state index in [0.29, 0.717) is 11.1 Å². The molecule has 0 saturated heterocycles. The molecular formula is C19H17FN8O4. The van der Waals surface area contributed by atoms with Gasteiger partial charge in [0.15, 0.2) is 0 Å². The Kier molecular flexibility index (Phi) is 5.37. The van der Waals surface area contributed by atoms with Crippen molar-refractivity contribution in [2.45, 2.75) is 20.0 Å². The molecule has 0 radical (unpaired) electrons. The number of carbonyl (C=O) groups excluding carboxylic acids is 2. The van der Waals surface area contributed by atoms with E-state index in [9.17, 15) is 23.9 Å². The summed E-state index contributed by atoms with van der Waals surface area (Å²) in [6.07, 6.45) is 1.18. The Balaban J connectivity index is 1.53. The van der Waals surface area contributed by atoms with Crippen LogP contribution in [0.4, 0.5) is 4.39 Å². The largest absolute Gasteiger partial charge is 0.493 e. The van der Waals surface area contributed by atoms with Gasteiger partial charge in [-0.15, -0.1) is 0 Å². The van der Waals surface area contributed by atoms with Crippen molar-refractivity contribution in [2.75, 3.05) is 0 Å². The number of H-pyrrole nitrogens is 2. The molecule has 0 unspecified atom stereocenters. The highest BCUT2D eigenvalue weighted by molar-refractivity contribution is 5.98. The standard InChI is InChI=1S/C19H17FN8O4/c1-9-4-10(2-3-11(9)20)6-21-15(29)12-5-14(28-18(25-12)23-8-24-28)17(31)22-7-13-16(30)27-19(32)26-13/h2-5,8,30H,6-7H2,1H3,(H,21,29)(H,22,31)(H2,26,27,32). The molecule has 32 heavy (non-hydrogen) atoms. The Morgan fingerprint density at radius 1 is 1.16 bits per heavy atom. The maximum atomic E-state index is 13.4. The number of amides is 2. The summed E-state index contributed by atoms with van der Waals surface area (Å²) >= 11 is 0. The molecule has 12 nitrogen and oxygen atoms in total. The van der Waals surface area contributed by atoms with Crippen LogP contribution in [0, 0.1) is 12.7 Å². The minimum absolute atomic E-state index is 0.0262. The van der Waals surface area contributed by atoms with Crippen LogP contribution in [0.2, 0.25) is 0 Å². The zero-order valence-electron chi connectivity index (χ0n) is 16.6. The second-order valence-corrected chi connectivity index (χ2v) is 6.85. The summed E-state index contributed by atoms with van der Waals surface area (Å²) < 4.78 is 14.6. The van der Waals surface area contributed by atoms with Crippen LogP contribution in [-0.4, -0.2) is 46.5 Å². The van der Waals surface area contributed by atoms with E-state index >= 15 is 0 Å². The molecule has 0 saturated carbocycles. The van der Waals surface area contributed by atoms with Crippen molar-refractivity contribution in [1.29, 1.82) is 0 Å². The number of aromatic hydroxyl groups is 1. The molecule has 164 valence electrons. The quantitative estimate of drug-likeness (QED) is 0.284. The molecule has 4 rings (SSSR count). The number of hydrogen-bond acceptors (Lipinski definition) is 7. The maximum absolute atomic E-state index is 13.4. The summed E-state index contributed by atoms with van der Waals surface area (Å²) in [5.74, 6) is -1.93. The molecule has 2 amide bonds. The summed E-state index contributed by atoms with van der Waals surface area (Å²) in [6, 6.07) is 5.72. The highest BCUT2D eigenvalue weighted by Crippen LogP contribution is 2.11. The van der Waals surface area contributed by atoms with Gasteiger partial charge in [-0.25, -0.2) is 14.2 Å². The third-order valence-electron chi connectivity index (χ3n) is 4.60. The second-order valence-electron chi connectivity index (χ2n) is 6.85. The number of fused-ring (bicyclic) bond motifs is 1. The third-order valence-corrected chi connectivity index (χ3v) is 4.60. The van der Waals surface area contributed by atoms with Crippen LogP contribution >= 0.6 is 0 Å². The van der Waals surface area contributed by atoms with Crippen LogP contribution < -0.4 is 16.3 Å². The summed E-state index contributed by atoms with van der Waals surface area (Å²) in [5, 5.41) is 18.7. The minimum atomic E-state index is -0.646. The van der Waals surface area contributed by atoms with Crippen molar-refractivity contribution < 1.29 is 19.1 Å². The lowest BCUT2D eigenvalue weighted by Gasteiger charge is -2.09. The topological polar surface area (TPSA) is 170 Å². The molecule has 0 aliphatic heterocycles. The van der Waals surface area contributed by atoms with E-state index in [1.54, 1.807) is 19.1 Å². The van der Waals surface area contributed by atoms with E-state index in [1.165, 1.54) is 18.5 Å². The predicted molar refractivity (Wildman–Crippen MR) is 107 cm³/mol. The number of aromatic nitrogens is 6. The fraction of sp³-hybridized carbons (Fsp3) is 0.158. The maximum Gasteiger partial charge on any atom is 0.326 e. The molecule has 3 aromatic heterocycles. The zero-order valence-corrected chi connectivity index (χ0v) is 16.6. The van der Waals surface area contributed by atoms with Crippen LogP contribution in [0.15, 0.2) is 35.4 Å². The van der Waals surface area contributed by atoms with Gasteiger partial charge in [0.05, 0.1) is 12.2 Å². The fourth-order valence-electron chi connectivity index (χ4n) is 2.98. The Morgan fingerprint density at radius 3 is 2.66 bits per heavy atom. The van der Waals surface area contributed by atoms with Crippen LogP contribution in [0.5, 0.6) is 5.88 Å². The first-order valence-corrected chi connectivity index (χ1v) is 9.34. The van der Waals surface area contributed by atoms with Crippen molar-refractivity contribution in [3.8, 4) is 5.88 Å². The summed E-state index contributed by atoms with van der Waals surface area (Å²) in [7, 11) is 0. The van der Waals surface area contributed by atoms with Gasteiger partial charge in [0.25, 0.3) is 17.6 Å². The Hall–Kier alpha value is -4.55. The second kappa shape index (κ2) is 8.29.